The van der Waals surface area contributed by atoms with Crippen molar-refractivity contribution in [1.29, 1.82) is 0 Å². The number of fused-ring (bicyclic) bond motifs is 1. The normalized spacial score (nSPS) is 11.1. The van der Waals surface area contributed by atoms with Crippen LogP contribution in [0.15, 0.2) is 34.7 Å². The number of anilines is 1. The third-order valence-electron chi connectivity index (χ3n) is 3.07. The number of nitrogens with two attached hydrogens (primary N) is 1. The van der Waals surface area contributed by atoms with E-state index in [1.165, 1.54) is 5.56 Å². The van der Waals surface area contributed by atoms with E-state index < -0.39 is 0 Å². The molecule has 2 aromatic carbocycles. The Kier molecular flexibility index (Phi) is 2.72. The highest BCUT2D eigenvalue weighted by atomic mass is 35.5. The summed E-state index contributed by atoms with van der Waals surface area (Å²) in [5, 5.41) is 0.507. The molecule has 1 heterocycles. The highest BCUT2D eigenvalue weighted by Gasteiger charge is 2.11. The van der Waals surface area contributed by atoms with Gasteiger partial charge in [-0.25, -0.2) is 4.98 Å². The zero-order valence-electron chi connectivity index (χ0n) is 10.7. The summed E-state index contributed by atoms with van der Waals surface area (Å²) in [7, 11) is 0. The largest absolute Gasteiger partial charge is 0.436 e. The summed E-state index contributed by atoms with van der Waals surface area (Å²) < 4.78 is 5.82. The second-order valence-electron chi connectivity index (χ2n) is 4.69. The average Bonchev–Trinajstić information content (AvgIpc) is 2.76. The smallest absolute Gasteiger partial charge is 0.227 e. The van der Waals surface area contributed by atoms with Crippen molar-refractivity contribution >= 4 is 28.4 Å². The first-order valence-electron chi connectivity index (χ1n) is 5.98. The van der Waals surface area contributed by atoms with Crippen LogP contribution in [0.4, 0.5) is 5.69 Å². The Morgan fingerprint density at radius 3 is 2.68 bits per heavy atom. The monoisotopic (exact) mass is 272 g/mol. The van der Waals surface area contributed by atoms with Gasteiger partial charge in [-0.1, -0.05) is 17.7 Å². The van der Waals surface area contributed by atoms with Crippen LogP contribution in [0.1, 0.15) is 11.1 Å². The minimum absolute atomic E-state index is 0.507. The first kappa shape index (κ1) is 12.1. The molecule has 2 N–H and O–H groups in total. The van der Waals surface area contributed by atoms with Gasteiger partial charge in [-0.2, -0.15) is 0 Å². The van der Waals surface area contributed by atoms with Crippen molar-refractivity contribution in [1.82, 2.24) is 4.98 Å². The van der Waals surface area contributed by atoms with Gasteiger partial charge in [0.25, 0.3) is 0 Å². The number of oxazole rings is 1. The molecular weight excluding hydrogens is 260 g/mol. The Hall–Kier alpha value is -2.00. The fraction of sp³-hybridized carbons (Fsp3) is 0.133. The third kappa shape index (κ3) is 2.06. The lowest BCUT2D eigenvalue weighted by Crippen LogP contribution is -1.86. The molecule has 0 unspecified atom stereocenters. The van der Waals surface area contributed by atoms with Crippen molar-refractivity contribution in [2.75, 3.05) is 5.73 Å². The fourth-order valence-electron chi connectivity index (χ4n) is 2.16. The highest BCUT2D eigenvalue weighted by Crippen LogP contribution is 2.30. The van der Waals surface area contributed by atoms with Crippen LogP contribution in [0.2, 0.25) is 5.02 Å². The van der Waals surface area contributed by atoms with Gasteiger partial charge in [-0.05, 0) is 49.2 Å². The van der Waals surface area contributed by atoms with E-state index in [0.29, 0.717) is 16.6 Å². The minimum atomic E-state index is 0.507. The maximum atomic E-state index is 6.02. The molecular formula is C15H13ClN2O. The van der Waals surface area contributed by atoms with E-state index in [1.807, 2.05) is 26.0 Å². The minimum Gasteiger partial charge on any atom is -0.436 e. The van der Waals surface area contributed by atoms with Crippen LogP contribution in [0.25, 0.3) is 22.6 Å². The van der Waals surface area contributed by atoms with Gasteiger partial charge in [-0.15, -0.1) is 0 Å². The highest BCUT2D eigenvalue weighted by molar-refractivity contribution is 6.33. The van der Waals surface area contributed by atoms with E-state index in [2.05, 4.69) is 11.1 Å². The van der Waals surface area contributed by atoms with Crippen LogP contribution >= 0.6 is 11.6 Å². The lowest BCUT2D eigenvalue weighted by Gasteiger charge is -1.99. The molecule has 0 aliphatic heterocycles. The Bertz CT molecular complexity index is 777. The maximum Gasteiger partial charge on any atom is 0.227 e. The molecule has 96 valence electrons. The summed E-state index contributed by atoms with van der Waals surface area (Å²) in [6.45, 7) is 4.06. The summed E-state index contributed by atoms with van der Waals surface area (Å²) in [6, 6.07) is 9.46. The number of nitrogens with zero attached hydrogens (tertiary/aromatic N) is 1. The van der Waals surface area contributed by atoms with Gasteiger partial charge >= 0.3 is 0 Å². The van der Waals surface area contributed by atoms with Crippen molar-refractivity contribution in [2.24, 2.45) is 0 Å². The summed E-state index contributed by atoms with van der Waals surface area (Å²) >= 11 is 6.02. The predicted molar refractivity (Wildman–Crippen MR) is 78.3 cm³/mol. The number of benzene rings is 2. The SMILES string of the molecule is Cc1cc(C)c2oc(-c3ccc(N)c(Cl)c3)nc2c1. The van der Waals surface area contributed by atoms with Crippen molar-refractivity contribution in [3.05, 3.63) is 46.5 Å². The summed E-state index contributed by atoms with van der Waals surface area (Å²) in [5.41, 5.74) is 11.0. The van der Waals surface area contributed by atoms with Crippen LogP contribution in [-0.2, 0) is 0 Å². The van der Waals surface area contributed by atoms with Crippen molar-refractivity contribution in [3.63, 3.8) is 0 Å². The summed E-state index contributed by atoms with van der Waals surface area (Å²) in [5.74, 6) is 0.561. The number of aromatic nitrogens is 1. The van der Waals surface area contributed by atoms with Gasteiger partial charge in [0, 0.05) is 5.56 Å². The van der Waals surface area contributed by atoms with Crippen LogP contribution in [0.3, 0.4) is 0 Å². The van der Waals surface area contributed by atoms with Crippen LogP contribution < -0.4 is 5.73 Å². The molecule has 4 heteroatoms. The van der Waals surface area contributed by atoms with E-state index >= 15 is 0 Å². The second-order valence-corrected chi connectivity index (χ2v) is 5.09. The Balaban J connectivity index is 2.20. The van der Waals surface area contributed by atoms with Gasteiger partial charge in [-0.3, -0.25) is 0 Å². The van der Waals surface area contributed by atoms with Gasteiger partial charge < -0.3 is 10.2 Å². The van der Waals surface area contributed by atoms with E-state index in [9.17, 15) is 0 Å². The molecule has 19 heavy (non-hydrogen) atoms. The maximum absolute atomic E-state index is 6.02. The number of nitrogen functional groups attached to an aromatic ring is 1. The first-order chi connectivity index (χ1) is 9.04. The third-order valence-corrected chi connectivity index (χ3v) is 3.39. The molecule has 0 saturated heterocycles. The summed E-state index contributed by atoms with van der Waals surface area (Å²) in [6.07, 6.45) is 0. The molecule has 0 bridgehead atoms. The summed E-state index contributed by atoms with van der Waals surface area (Å²) in [4.78, 5) is 4.51. The lowest BCUT2D eigenvalue weighted by atomic mass is 10.1. The number of aryl methyl sites for hydroxylation is 2. The standard InChI is InChI=1S/C15H13ClN2O/c1-8-5-9(2)14-13(6-8)18-15(19-14)10-3-4-12(17)11(16)7-10/h3-7H,17H2,1-2H3. The Morgan fingerprint density at radius 1 is 1.16 bits per heavy atom. The predicted octanol–water partition coefficient (Wildman–Crippen LogP) is 4.35. The van der Waals surface area contributed by atoms with E-state index in [0.717, 1.165) is 22.2 Å². The molecule has 3 nitrogen and oxygen atoms in total. The molecule has 0 fully saturated rings. The van der Waals surface area contributed by atoms with Crippen LogP contribution in [0, 0.1) is 13.8 Å². The van der Waals surface area contributed by atoms with Crippen molar-refractivity contribution in [2.45, 2.75) is 13.8 Å². The quantitative estimate of drug-likeness (QED) is 0.670. The van der Waals surface area contributed by atoms with E-state index in [4.69, 9.17) is 21.8 Å². The first-order valence-corrected chi connectivity index (χ1v) is 6.35. The number of hydrogen-bond acceptors (Lipinski definition) is 3. The topological polar surface area (TPSA) is 52.0 Å². The van der Waals surface area contributed by atoms with Crippen LogP contribution in [0.5, 0.6) is 0 Å². The Labute approximate surface area is 116 Å². The second kappa shape index (κ2) is 4.28. The Morgan fingerprint density at radius 2 is 1.95 bits per heavy atom. The molecule has 0 radical (unpaired) electrons. The molecule has 3 rings (SSSR count). The van der Waals surface area contributed by atoms with E-state index in [-0.39, 0.29) is 0 Å². The molecule has 0 spiro atoms. The molecule has 0 atom stereocenters. The van der Waals surface area contributed by atoms with E-state index in [1.54, 1.807) is 12.1 Å². The number of rotatable bonds is 1. The van der Waals surface area contributed by atoms with Crippen molar-refractivity contribution < 1.29 is 4.42 Å². The zero-order valence-corrected chi connectivity index (χ0v) is 11.5. The van der Waals surface area contributed by atoms with Gasteiger partial charge in [0.05, 0.1) is 10.7 Å². The van der Waals surface area contributed by atoms with Gasteiger partial charge in [0.15, 0.2) is 5.58 Å². The molecule has 1 aromatic heterocycles. The fourth-order valence-corrected chi connectivity index (χ4v) is 2.34. The van der Waals surface area contributed by atoms with Crippen LogP contribution in [-0.4, -0.2) is 4.98 Å². The molecule has 0 aliphatic carbocycles. The zero-order chi connectivity index (χ0) is 13.6. The lowest BCUT2D eigenvalue weighted by molar-refractivity contribution is 0.617. The van der Waals surface area contributed by atoms with Gasteiger partial charge in [0.1, 0.15) is 5.52 Å². The van der Waals surface area contributed by atoms with Crippen molar-refractivity contribution in [3.8, 4) is 11.5 Å². The number of hydrogen-bond donors (Lipinski definition) is 1. The number of halogens is 1. The average molecular weight is 273 g/mol. The molecule has 0 saturated carbocycles. The molecule has 0 aliphatic rings. The molecule has 3 aromatic rings. The van der Waals surface area contributed by atoms with Gasteiger partial charge in [0.2, 0.25) is 5.89 Å². The molecule has 0 amide bonds.